The van der Waals surface area contributed by atoms with E-state index in [1.165, 1.54) is 0 Å². The molecule has 0 saturated carbocycles. The molecule has 33 heavy (non-hydrogen) atoms. The van der Waals surface area contributed by atoms with Gasteiger partial charge in [-0.3, -0.25) is 9.59 Å². The van der Waals surface area contributed by atoms with Crippen molar-refractivity contribution in [2.45, 2.75) is 37.8 Å². The van der Waals surface area contributed by atoms with Crippen molar-refractivity contribution in [3.63, 3.8) is 0 Å². The quantitative estimate of drug-likeness (QED) is 0.511. The van der Waals surface area contributed by atoms with Crippen LogP contribution in [0.1, 0.15) is 36.8 Å². The molecule has 0 heterocycles. The third-order valence-electron chi connectivity index (χ3n) is 5.76. The van der Waals surface area contributed by atoms with Gasteiger partial charge in [0.25, 0.3) is 0 Å². The van der Waals surface area contributed by atoms with E-state index in [0.717, 1.165) is 22.3 Å². The minimum Gasteiger partial charge on any atom is -0.481 e. The van der Waals surface area contributed by atoms with Gasteiger partial charge < -0.3 is 25.4 Å². The molecule has 3 N–H and O–H groups in total. The highest BCUT2D eigenvalue weighted by atomic mass is 16.5. The zero-order chi connectivity index (χ0) is 24.0. The molecule has 176 valence electrons. The Morgan fingerprint density at radius 3 is 2.09 bits per heavy atom. The summed E-state index contributed by atoms with van der Waals surface area (Å²) in [6, 6.07) is 14.7. The van der Waals surface area contributed by atoms with Crippen LogP contribution < -0.4 is 10.6 Å². The van der Waals surface area contributed by atoms with Gasteiger partial charge in [-0.2, -0.15) is 0 Å². The van der Waals surface area contributed by atoms with Crippen molar-refractivity contribution >= 4 is 18.0 Å². The Morgan fingerprint density at radius 1 is 1.00 bits per heavy atom. The molecule has 0 aromatic heterocycles. The smallest absolute Gasteiger partial charge is 0.407 e. The summed E-state index contributed by atoms with van der Waals surface area (Å²) in [5, 5.41) is 14.4. The number of nitrogens with zero attached hydrogens (tertiary/aromatic N) is 1. The summed E-state index contributed by atoms with van der Waals surface area (Å²) < 4.78 is 5.56. The number of carbonyl (C=O) groups is 3. The molecule has 2 aromatic carbocycles. The third-order valence-corrected chi connectivity index (χ3v) is 5.76. The number of hydrogen-bond donors (Lipinski definition) is 3. The fraction of sp³-hybridized carbons (Fsp3) is 0.400. The van der Waals surface area contributed by atoms with E-state index >= 15 is 0 Å². The van der Waals surface area contributed by atoms with Crippen LogP contribution in [0.3, 0.4) is 0 Å². The zero-order valence-corrected chi connectivity index (χ0v) is 19.2. The average Bonchev–Trinajstić information content (AvgIpc) is 3.10. The molecule has 0 radical (unpaired) electrons. The van der Waals surface area contributed by atoms with Crippen molar-refractivity contribution in [3.8, 4) is 11.1 Å². The SMILES string of the molecule is CCC(CC(=O)O)NC(=O)[C@H](CN(C)C)NC(=O)OCC1c2ccccc2-c2ccccc21. The van der Waals surface area contributed by atoms with E-state index in [9.17, 15) is 14.4 Å². The zero-order valence-electron chi connectivity index (χ0n) is 19.2. The van der Waals surface area contributed by atoms with Crippen molar-refractivity contribution in [1.82, 2.24) is 15.5 Å². The standard InChI is InChI=1S/C25H31N3O5/c1-4-16(13-23(29)30)26-24(31)22(14-28(2)3)27-25(32)33-15-21-19-11-7-5-9-17(19)18-10-6-8-12-20(18)21/h5-12,16,21-22H,4,13-15H2,1-3H3,(H,26,31)(H,27,32)(H,29,30)/t16?,22-/m0/s1. The minimum atomic E-state index is -0.990. The Balaban J connectivity index is 1.65. The molecule has 8 heteroatoms. The topological polar surface area (TPSA) is 108 Å². The molecule has 0 bridgehead atoms. The Kier molecular flexibility index (Phi) is 8.06. The predicted molar refractivity (Wildman–Crippen MR) is 125 cm³/mol. The Labute approximate surface area is 193 Å². The molecular weight excluding hydrogens is 422 g/mol. The van der Waals surface area contributed by atoms with Crippen LogP contribution in [-0.4, -0.2) is 67.3 Å². The maximum Gasteiger partial charge on any atom is 0.407 e. The second kappa shape index (κ2) is 11.0. The molecule has 0 spiro atoms. The average molecular weight is 454 g/mol. The van der Waals surface area contributed by atoms with Crippen LogP contribution in [0.4, 0.5) is 4.79 Å². The molecule has 0 fully saturated rings. The highest BCUT2D eigenvalue weighted by molar-refractivity contribution is 5.86. The number of amides is 2. The van der Waals surface area contributed by atoms with Crippen LogP contribution in [-0.2, 0) is 14.3 Å². The first-order chi connectivity index (χ1) is 15.8. The molecule has 0 aliphatic heterocycles. The van der Waals surface area contributed by atoms with E-state index in [-0.39, 0.29) is 25.5 Å². The summed E-state index contributed by atoms with van der Waals surface area (Å²) in [4.78, 5) is 38.2. The Hall–Kier alpha value is -3.39. The molecule has 1 unspecified atom stereocenters. The molecule has 2 amide bonds. The first-order valence-corrected chi connectivity index (χ1v) is 11.1. The highest BCUT2D eigenvalue weighted by Gasteiger charge is 2.30. The minimum absolute atomic E-state index is 0.0793. The molecule has 0 saturated heterocycles. The lowest BCUT2D eigenvalue weighted by atomic mass is 9.98. The molecule has 3 rings (SSSR count). The van der Waals surface area contributed by atoms with Crippen molar-refractivity contribution in [1.29, 1.82) is 0 Å². The van der Waals surface area contributed by atoms with Crippen LogP contribution >= 0.6 is 0 Å². The molecular formula is C25H31N3O5. The largest absolute Gasteiger partial charge is 0.481 e. The van der Waals surface area contributed by atoms with Gasteiger partial charge in [0.15, 0.2) is 0 Å². The number of carboxylic acids is 1. The first kappa shape index (κ1) is 24.3. The van der Waals surface area contributed by atoms with Crippen LogP contribution in [0.2, 0.25) is 0 Å². The Morgan fingerprint density at radius 2 is 1.58 bits per heavy atom. The van der Waals surface area contributed by atoms with E-state index in [4.69, 9.17) is 9.84 Å². The first-order valence-electron chi connectivity index (χ1n) is 11.1. The summed E-state index contributed by atoms with van der Waals surface area (Å²) in [5.74, 6) is -1.51. The number of ether oxygens (including phenoxy) is 1. The number of hydrogen-bond acceptors (Lipinski definition) is 5. The lowest BCUT2D eigenvalue weighted by Crippen LogP contribution is -2.54. The van der Waals surface area contributed by atoms with Gasteiger partial charge in [0.2, 0.25) is 5.91 Å². The summed E-state index contributed by atoms with van der Waals surface area (Å²) in [6.45, 7) is 2.19. The molecule has 8 nitrogen and oxygen atoms in total. The number of alkyl carbamates (subject to hydrolysis) is 1. The van der Waals surface area contributed by atoms with Gasteiger partial charge in [-0.1, -0.05) is 55.5 Å². The molecule has 2 atom stereocenters. The second-order valence-electron chi connectivity index (χ2n) is 8.50. The fourth-order valence-corrected chi connectivity index (χ4v) is 4.15. The van der Waals surface area contributed by atoms with Crippen molar-refractivity contribution in [2.75, 3.05) is 27.2 Å². The number of fused-ring (bicyclic) bond motifs is 3. The van der Waals surface area contributed by atoms with Gasteiger partial charge >= 0.3 is 12.1 Å². The van der Waals surface area contributed by atoms with Crippen molar-refractivity contribution in [3.05, 3.63) is 59.7 Å². The highest BCUT2D eigenvalue weighted by Crippen LogP contribution is 2.44. The summed E-state index contributed by atoms with van der Waals surface area (Å²) in [6.07, 6.45) is -0.398. The van der Waals surface area contributed by atoms with Gasteiger partial charge in [-0.05, 0) is 42.8 Å². The maximum absolute atomic E-state index is 12.8. The molecule has 2 aromatic rings. The van der Waals surface area contributed by atoms with Gasteiger partial charge in [-0.15, -0.1) is 0 Å². The maximum atomic E-state index is 12.8. The number of nitrogens with one attached hydrogen (secondary N) is 2. The third kappa shape index (κ3) is 6.10. The van der Waals surface area contributed by atoms with E-state index in [2.05, 4.69) is 22.8 Å². The number of carboxylic acid groups (broad SMARTS) is 1. The van der Waals surface area contributed by atoms with E-state index in [1.54, 1.807) is 25.9 Å². The Bertz CT molecular complexity index is 962. The van der Waals surface area contributed by atoms with Crippen LogP contribution in [0.5, 0.6) is 0 Å². The fourth-order valence-electron chi connectivity index (χ4n) is 4.15. The van der Waals surface area contributed by atoms with Crippen LogP contribution in [0.15, 0.2) is 48.5 Å². The molecule has 1 aliphatic rings. The van der Waals surface area contributed by atoms with Crippen molar-refractivity contribution < 1.29 is 24.2 Å². The van der Waals surface area contributed by atoms with E-state index in [0.29, 0.717) is 6.42 Å². The number of carbonyl (C=O) groups excluding carboxylic acids is 2. The van der Waals surface area contributed by atoms with E-state index in [1.807, 2.05) is 36.4 Å². The van der Waals surface area contributed by atoms with Gasteiger partial charge in [0, 0.05) is 18.5 Å². The van der Waals surface area contributed by atoms with E-state index < -0.39 is 30.1 Å². The predicted octanol–water partition coefficient (Wildman–Crippen LogP) is 2.82. The van der Waals surface area contributed by atoms with Gasteiger partial charge in [0.05, 0.1) is 6.42 Å². The molecule has 1 aliphatic carbocycles. The number of aliphatic carboxylic acids is 1. The summed E-state index contributed by atoms with van der Waals surface area (Å²) in [7, 11) is 3.57. The number of benzene rings is 2. The second-order valence-corrected chi connectivity index (χ2v) is 8.50. The van der Waals surface area contributed by atoms with Crippen LogP contribution in [0.25, 0.3) is 11.1 Å². The lowest BCUT2D eigenvalue weighted by molar-refractivity contribution is -0.137. The monoisotopic (exact) mass is 453 g/mol. The van der Waals surface area contributed by atoms with Gasteiger partial charge in [0.1, 0.15) is 12.6 Å². The normalized spacial score (nSPS) is 14.2. The number of likely N-dealkylation sites (N-methyl/N-ethyl adjacent to an activating group) is 1. The van der Waals surface area contributed by atoms with Gasteiger partial charge in [-0.25, -0.2) is 4.79 Å². The lowest BCUT2D eigenvalue weighted by Gasteiger charge is -2.24. The summed E-state index contributed by atoms with van der Waals surface area (Å²) >= 11 is 0. The van der Waals surface area contributed by atoms with Crippen molar-refractivity contribution in [2.24, 2.45) is 0 Å². The summed E-state index contributed by atoms with van der Waals surface area (Å²) in [5.41, 5.74) is 4.48. The van der Waals surface area contributed by atoms with Crippen LogP contribution in [0, 0.1) is 0 Å². The number of rotatable bonds is 10.